The van der Waals surface area contributed by atoms with Crippen LogP contribution in [0, 0.1) is 25.1 Å². The van der Waals surface area contributed by atoms with Crippen LogP contribution in [0.4, 0.5) is 14.5 Å². The predicted octanol–water partition coefficient (Wildman–Crippen LogP) is 4.41. The number of hydrogen-bond acceptors (Lipinski definition) is 0. The van der Waals surface area contributed by atoms with Crippen LogP contribution in [-0.4, -0.2) is 0 Å². The van der Waals surface area contributed by atoms with Gasteiger partial charge < -0.3 is 0 Å². The average Bonchev–Trinajstić information content (AvgIpc) is 2.30. The number of rotatable bonds is 2. The summed E-state index contributed by atoms with van der Waals surface area (Å²) in [6.07, 6.45) is 0.487. The number of benzene rings is 2. The normalized spacial score (nSPS) is 10.1. The van der Waals surface area contributed by atoms with E-state index in [1.165, 1.54) is 24.3 Å². The Labute approximate surface area is 105 Å². The van der Waals surface area contributed by atoms with E-state index in [0.29, 0.717) is 6.42 Å². The van der Waals surface area contributed by atoms with Crippen molar-refractivity contribution in [3.63, 3.8) is 0 Å². The highest BCUT2D eigenvalue weighted by Gasteiger charge is 2.05. The first kappa shape index (κ1) is 12.3. The van der Waals surface area contributed by atoms with Crippen LogP contribution in [0.15, 0.2) is 36.4 Å². The highest BCUT2D eigenvalue weighted by atomic mass is 19.1. The number of nitrogens with zero attached hydrogens (tertiary/aromatic N) is 1. The van der Waals surface area contributed by atoms with Crippen LogP contribution >= 0.6 is 0 Å². The van der Waals surface area contributed by atoms with Gasteiger partial charge in [0.1, 0.15) is 11.6 Å². The fourth-order valence-corrected chi connectivity index (χ4v) is 1.90. The molecule has 3 heteroatoms. The second-order valence-corrected chi connectivity index (χ2v) is 4.21. The molecule has 0 heterocycles. The largest absolute Gasteiger partial charge is 0.235 e. The van der Waals surface area contributed by atoms with Crippen molar-refractivity contribution in [3.8, 4) is 0 Å². The zero-order valence-electron chi connectivity index (χ0n) is 9.87. The van der Waals surface area contributed by atoms with Gasteiger partial charge in [0, 0.05) is 0 Å². The molecular weight excluding hydrogens is 232 g/mol. The number of hydrogen-bond donors (Lipinski definition) is 0. The number of halogens is 2. The van der Waals surface area contributed by atoms with Gasteiger partial charge in [0.2, 0.25) is 5.69 Å². The Hall–Kier alpha value is -2.21. The molecule has 0 aromatic heterocycles. The first-order valence-corrected chi connectivity index (χ1v) is 5.50. The van der Waals surface area contributed by atoms with E-state index >= 15 is 0 Å². The van der Waals surface area contributed by atoms with Crippen LogP contribution in [0.5, 0.6) is 0 Å². The minimum absolute atomic E-state index is 0.000579. The molecule has 2 aromatic rings. The summed E-state index contributed by atoms with van der Waals surface area (Å²) in [5, 5.41) is 0. The van der Waals surface area contributed by atoms with Gasteiger partial charge in [0.15, 0.2) is 0 Å². The zero-order chi connectivity index (χ0) is 13.1. The Morgan fingerprint density at radius 3 is 2.50 bits per heavy atom. The van der Waals surface area contributed by atoms with Gasteiger partial charge in [-0.15, -0.1) is 0 Å². The molecule has 0 unspecified atom stereocenters. The summed E-state index contributed by atoms with van der Waals surface area (Å²) in [6, 6.07) is 9.18. The molecule has 2 rings (SSSR count). The third-order valence-corrected chi connectivity index (χ3v) is 2.64. The second kappa shape index (κ2) is 4.97. The van der Waals surface area contributed by atoms with Crippen molar-refractivity contribution in [2.24, 2.45) is 0 Å². The Morgan fingerprint density at radius 1 is 1.06 bits per heavy atom. The second-order valence-electron chi connectivity index (χ2n) is 4.21. The molecule has 0 spiro atoms. The molecule has 0 aliphatic heterocycles. The molecule has 0 fully saturated rings. The summed E-state index contributed by atoms with van der Waals surface area (Å²) in [7, 11) is 0. The van der Waals surface area contributed by atoms with Gasteiger partial charge in [-0.25, -0.2) is 13.6 Å². The third-order valence-electron chi connectivity index (χ3n) is 2.64. The van der Waals surface area contributed by atoms with Crippen LogP contribution in [0.2, 0.25) is 0 Å². The monoisotopic (exact) mass is 243 g/mol. The lowest BCUT2D eigenvalue weighted by Gasteiger charge is -2.05. The molecule has 0 aliphatic carbocycles. The molecule has 90 valence electrons. The van der Waals surface area contributed by atoms with E-state index in [-0.39, 0.29) is 11.5 Å². The first-order valence-electron chi connectivity index (χ1n) is 5.50. The summed E-state index contributed by atoms with van der Waals surface area (Å²) in [5.74, 6) is -0.804. The fraction of sp³-hybridized carbons (Fsp3) is 0.133. The maximum absolute atomic E-state index is 13.2. The van der Waals surface area contributed by atoms with Crippen LogP contribution in [0.1, 0.15) is 16.7 Å². The van der Waals surface area contributed by atoms with Gasteiger partial charge in [0.05, 0.1) is 6.57 Å². The van der Waals surface area contributed by atoms with Crippen LogP contribution in [0.25, 0.3) is 4.85 Å². The molecule has 0 radical (unpaired) electrons. The van der Waals surface area contributed by atoms with Crippen LogP contribution < -0.4 is 0 Å². The highest BCUT2D eigenvalue weighted by molar-refractivity contribution is 5.49. The van der Waals surface area contributed by atoms with E-state index in [0.717, 1.165) is 16.7 Å². The predicted molar refractivity (Wildman–Crippen MR) is 66.6 cm³/mol. The quantitative estimate of drug-likeness (QED) is 0.688. The maximum atomic E-state index is 13.2. The van der Waals surface area contributed by atoms with E-state index < -0.39 is 5.82 Å². The fourth-order valence-electron chi connectivity index (χ4n) is 1.90. The van der Waals surface area contributed by atoms with Crippen LogP contribution in [-0.2, 0) is 6.42 Å². The van der Waals surface area contributed by atoms with Crippen molar-refractivity contribution in [1.29, 1.82) is 0 Å². The summed E-state index contributed by atoms with van der Waals surface area (Å²) in [4.78, 5) is 3.11. The summed E-state index contributed by atoms with van der Waals surface area (Å²) < 4.78 is 26.4. The molecule has 0 N–H and O–H groups in total. The minimum Gasteiger partial charge on any atom is -0.235 e. The van der Waals surface area contributed by atoms with Gasteiger partial charge in [-0.3, -0.25) is 0 Å². The third kappa shape index (κ3) is 2.72. The maximum Gasteiger partial charge on any atom is 0.222 e. The van der Waals surface area contributed by atoms with Gasteiger partial charge >= 0.3 is 0 Å². The molecule has 18 heavy (non-hydrogen) atoms. The zero-order valence-corrected chi connectivity index (χ0v) is 9.87. The van der Waals surface area contributed by atoms with Gasteiger partial charge in [0.25, 0.3) is 0 Å². The Kier molecular flexibility index (Phi) is 3.38. The van der Waals surface area contributed by atoms with Crippen molar-refractivity contribution in [2.45, 2.75) is 13.3 Å². The molecule has 0 aliphatic rings. The van der Waals surface area contributed by atoms with E-state index in [2.05, 4.69) is 4.85 Å². The standard InChI is InChI=1S/C15H11F2N/c1-10-5-12(8-13(16)6-10)7-11-3-4-14(17)15(9-11)18-2/h3-6,8-9H,7H2,1H3. The Balaban J connectivity index is 2.31. The average molecular weight is 243 g/mol. The van der Waals surface area contributed by atoms with E-state index in [1.54, 1.807) is 6.07 Å². The Morgan fingerprint density at radius 2 is 1.83 bits per heavy atom. The van der Waals surface area contributed by atoms with Crippen molar-refractivity contribution in [3.05, 3.63) is 76.1 Å². The van der Waals surface area contributed by atoms with Crippen molar-refractivity contribution in [1.82, 2.24) is 0 Å². The van der Waals surface area contributed by atoms with Gasteiger partial charge in [-0.1, -0.05) is 17.7 Å². The molecule has 0 amide bonds. The Bertz CT molecular complexity index is 607. The van der Waals surface area contributed by atoms with Gasteiger partial charge in [-0.05, 0) is 48.7 Å². The minimum atomic E-state index is -0.524. The lowest BCUT2D eigenvalue weighted by molar-refractivity contribution is 0.624. The summed E-state index contributed by atoms with van der Waals surface area (Å²) in [5.41, 5.74) is 2.46. The SMILES string of the molecule is [C-]#[N+]c1cc(Cc2cc(C)cc(F)c2)ccc1F. The summed E-state index contributed by atoms with van der Waals surface area (Å²) >= 11 is 0. The summed E-state index contributed by atoms with van der Waals surface area (Å²) in [6.45, 7) is 8.68. The van der Waals surface area contributed by atoms with E-state index in [1.807, 2.05) is 13.0 Å². The molecular formula is C15H11F2N. The lowest BCUT2D eigenvalue weighted by atomic mass is 10.0. The smallest absolute Gasteiger partial charge is 0.222 e. The first-order chi connectivity index (χ1) is 8.58. The van der Waals surface area contributed by atoms with E-state index in [4.69, 9.17) is 6.57 Å². The van der Waals surface area contributed by atoms with E-state index in [9.17, 15) is 8.78 Å². The van der Waals surface area contributed by atoms with Crippen molar-refractivity contribution >= 4 is 5.69 Å². The molecule has 0 bridgehead atoms. The molecule has 0 saturated carbocycles. The lowest BCUT2D eigenvalue weighted by Crippen LogP contribution is -1.91. The van der Waals surface area contributed by atoms with Crippen LogP contribution in [0.3, 0.4) is 0 Å². The highest BCUT2D eigenvalue weighted by Crippen LogP contribution is 2.21. The molecule has 0 saturated heterocycles. The molecule has 1 nitrogen and oxygen atoms in total. The van der Waals surface area contributed by atoms with Crippen molar-refractivity contribution in [2.75, 3.05) is 0 Å². The van der Waals surface area contributed by atoms with Gasteiger partial charge in [-0.2, -0.15) is 0 Å². The molecule has 2 aromatic carbocycles. The van der Waals surface area contributed by atoms with Crippen molar-refractivity contribution < 1.29 is 8.78 Å². The topological polar surface area (TPSA) is 4.36 Å². The number of aryl methyl sites for hydroxylation is 1. The molecule has 0 atom stereocenters.